The van der Waals surface area contributed by atoms with Gasteiger partial charge in [0.2, 0.25) is 0 Å². The first-order valence-corrected chi connectivity index (χ1v) is 11.9. The molecule has 0 spiro atoms. The van der Waals surface area contributed by atoms with Gasteiger partial charge in [0.05, 0.1) is 13.6 Å². The summed E-state index contributed by atoms with van der Waals surface area (Å²) in [4.78, 5) is 12.4. The monoisotopic (exact) mass is 300 g/mol. The van der Waals surface area contributed by atoms with Crippen LogP contribution in [0.25, 0.3) is 0 Å². The summed E-state index contributed by atoms with van der Waals surface area (Å²) in [5.41, 5.74) is -0.219. The van der Waals surface area contributed by atoms with E-state index in [-0.39, 0.29) is 17.1 Å². The van der Waals surface area contributed by atoms with Crippen molar-refractivity contribution >= 4 is 14.0 Å². The summed E-state index contributed by atoms with van der Waals surface area (Å²) in [6.07, 6.45) is 8.69. The van der Waals surface area contributed by atoms with Crippen molar-refractivity contribution in [2.24, 2.45) is 0 Å². The molecule has 0 heterocycles. The van der Waals surface area contributed by atoms with Crippen molar-refractivity contribution in [1.29, 1.82) is 0 Å². The van der Waals surface area contributed by atoms with Gasteiger partial charge in [0.15, 0.2) is 0 Å². The van der Waals surface area contributed by atoms with Gasteiger partial charge in [-0.1, -0.05) is 65.1 Å². The summed E-state index contributed by atoms with van der Waals surface area (Å²) in [5.74, 6) is 0.0326. The lowest BCUT2D eigenvalue weighted by Crippen LogP contribution is -2.38. The van der Waals surface area contributed by atoms with Gasteiger partial charge in [-0.05, 0) is 27.2 Å². The highest BCUT2D eigenvalue weighted by Gasteiger charge is 2.35. The van der Waals surface area contributed by atoms with Gasteiger partial charge >= 0.3 is 5.97 Å². The third-order valence-electron chi connectivity index (χ3n) is 3.58. The molecule has 0 radical (unpaired) electrons. The number of unbranched alkanes of at least 4 members (excludes halogenated alkanes) is 5. The smallest absolute Gasteiger partial charge is 0.306 e. The van der Waals surface area contributed by atoms with Gasteiger partial charge in [0.1, 0.15) is 5.60 Å². The third kappa shape index (κ3) is 9.57. The van der Waals surface area contributed by atoms with Gasteiger partial charge in [-0.3, -0.25) is 4.79 Å². The van der Waals surface area contributed by atoms with Gasteiger partial charge in [-0.25, -0.2) is 0 Å². The lowest BCUT2D eigenvalue weighted by atomic mass is 10.1. The maximum Gasteiger partial charge on any atom is 0.306 e. The zero-order valence-electron chi connectivity index (χ0n) is 14.8. The van der Waals surface area contributed by atoms with E-state index in [4.69, 9.17) is 4.74 Å². The zero-order chi connectivity index (χ0) is 15.8. The highest BCUT2D eigenvalue weighted by atomic mass is 28.3. The Morgan fingerprint density at radius 2 is 1.50 bits per heavy atom. The maximum atomic E-state index is 12.4. The molecule has 0 aromatic carbocycles. The summed E-state index contributed by atoms with van der Waals surface area (Å²) in [6, 6.07) is 0. The van der Waals surface area contributed by atoms with Crippen molar-refractivity contribution < 1.29 is 9.53 Å². The van der Waals surface area contributed by atoms with E-state index in [2.05, 4.69) is 26.6 Å². The van der Waals surface area contributed by atoms with Crippen molar-refractivity contribution in [1.82, 2.24) is 0 Å². The molecule has 1 unspecified atom stereocenters. The predicted molar refractivity (Wildman–Crippen MR) is 90.9 cm³/mol. The fourth-order valence-corrected chi connectivity index (χ4v) is 4.24. The molecule has 0 bridgehead atoms. The lowest BCUT2D eigenvalue weighted by molar-refractivity contribution is -0.155. The molecule has 120 valence electrons. The molecule has 3 heteroatoms. The van der Waals surface area contributed by atoms with Crippen LogP contribution in [0.1, 0.15) is 72.6 Å². The van der Waals surface area contributed by atoms with Crippen molar-refractivity contribution in [3.8, 4) is 0 Å². The highest BCUT2D eigenvalue weighted by Crippen LogP contribution is 2.31. The first-order chi connectivity index (χ1) is 9.08. The first-order valence-electron chi connectivity index (χ1n) is 8.31. The Labute approximate surface area is 127 Å². The van der Waals surface area contributed by atoms with Gasteiger partial charge in [0.25, 0.3) is 0 Å². The molecule has 1 atom stereocenters. The van der Waals surface area contributed by atoms with E-state index >= 15 is 0 Å². The average Bonchev–Trinajstić information content (AvgIpc) is 2.23. The number of esters is 1. The maximum absolute atomic E-state index is 12.4. The standard InChI is InChI=1S/C17H36O2Si/c1-8-9-10-11-12-13-14-15(20(5,6)7)16(18)19-17(2,3)4/h15H,8-14H2,1-7H3. The molecule has 0 saturated heterocycles. The van der Waals surface area contributed by atoms with E-state index in [1.165, 1.54) is 32.1 Å². The molecule has 0 N–H and O–H groups in total. The second-order valence-electron chi connectivity index (χ2n) is 8.01. The van der Waals surface area contributed by atoms with E-state index in [1.807, 2.05) is 20.8 Å². The Morgan fingerprint density at radius 1 is 1.00 bits per heavy atom. The minimum Gasteiger partial charge on any atom is -0.460 e. The fraction of sp³-hybridized carbons (Fsp3) is 0.941. The van der Waals surface area contributed by atoms with Crippen molar-refractivity contribution in [3.63, 3.8) is 0 Å². The van der Waals surface area contributed by atoms with Crippen molar-refractivity contribution in [2.75, 3.05) is 0 Å². The van der Waals surface area contributed by atoms with Crippen LogP contribution in [0, 0.1) is 0 Å². The lowest BCUT2D eigenvalue weighted by Gasteiger charge is -2.30. The molecule has 0 aliphatic carbocycles. The summed E-state index contributed by atoms with van der Waals surface area (Å²) in [6.45, 7) is 14.9. The number of hydrogen-bond acceptors (Lipinski definition) is 2. The number of rotatable bonds is 9. The first kappa shape index (κ1) is 19.7. The molecule has 0 fully saturated rings. The third-order valence-corrected chi connectivity index (χ3v) is 6.20. The van der Waals surface area contributed by atoms with E-state index in [9.17, 15) is 4.79 Å². The van der Waals surface area contributed by atoms with Crippen LogP contribution in [-0.2, 0) is 9.53 Å². The number of hydrogen-bond donors (Lipinski definition) is 0. The molecule has 0 aliphatic rings. The summed E-state index contributed by atoms with van der Waals surface area (Å²) in [7, 11) is -1.50. The van der Waals surface area contributed by atoms with Gasteiger partial charge in [0, 0.05) is 0 Å². The topological polar surface area (TPSA) is 26.3 Å². The molecule has 0 saturated carbocycles. The molecule has 0 rings (SSSR count). The molecule has 20 heavy (non-hydrogen) atoms. The van der Waals surface area contributed by atoms with Crippen LogP contribution >= 0.6 is 0 Å². The summed E-state index contributed by atoms with van der Waals surface area (Å²) < 4.78 is 5.62. The minimum absolute atomic E-state index is 0.0326. The Hall–Kier alpha value is -0.313. The van der Waals surface area contributed by atoms with Gasteiger partial charge < -0.3 is 4.74 Å². The summed E-state index contributed by atoms with van der Waals surface area (Å²) in [5, 5.41) is 0. The van der Waals surface area contributed by atoms with Crippen LogP contribution in [0.4, 0.5) is 0 Å². The number of carbonyl (C=O) groups excluding carboxylic acids is 1. The molecule has 0 aromatic rings. The number of ether oxygens (including phenoxy) is 1. The largest absolute Gasteiger partial charge is 0.460 e. The quantitative estimate of drug-likeness (QED) is 0.306. The Morgan fingerprint density at radius 3 is 1.95 bits per heavy atom. The van der Waals surface area contributed by atoms with Gasteiger partial charge in [-0.2, -0.15) is 0 Å². The normalized spacial score (nSPS) is 14.2. The Kier molecular flexibility index (Phi) is 8.72. The van der Waals surface area contributed by atoms with Crippen LogP contribution in [0.5, 0.6) is 0 Å². The zero-order valence-corrected chi connectivity index (χ0v) is 15.8. The molecular weight excluding hydrogens is 264 g/mol. The molecule has 2 nitrogen and oxygen atoms in total. The SMILES string of the molecule is CCCCCCCCC(C(=O)OC(C)(C)C)[Si](C)(C)C. The Bertz CT molecular complexity index is 274. The van der Waals surface area contributed by atoms with E-state index in [0.717, 1.165) is 12.8 Å². The van der Waals surface area contributed by atoms with Crippen LogP contribution in [0.3, 0.4) is 0 Å². The second kappa shape index (κ2) is 8.86. The van der Waals surface area contributed by atoms with Crippen molar-refractivity contribution in [2.45, 2.75) is 103 Å². The Balaban J connectivity index is 4.27. The molecular formula is C17H36O2Si. The highest BCUT2D eigenvalue weighted by molar-refractivity contribution is 6.80. The van der Waals surface area contributed by atoms with E-state index in [1.54, 1.807) is 0 Å². The van der Waals surface area contributed by atoms with Crippen LogP contribution in [-0.4, -0.2) is 19.6 Å². The van der Waals surface area contributed by atoms with Crippen LogP contribution in [0.2, 0.25) is 25.2 Å². The second-order valence-corrected chi connectivity index (χ2v) is 13.4. The number of carbonyl (C=O) groups is 1. The van der Waals surface area contributed by atoms with Gasteiger partial charge in [-0.15, -0.1) is 0 Å². The fourth-order valence-electron chi connectivity index (χ4n) is 2.41. The van der Waals surface area contributed by atoms with Crippen LogP contribution < -0.4 is 0 Å². The summed E-state index contributed by atoms with van der Waals surface area (Å²) >= 11 is 0. The van der Waals surface area contributed by atoms with Crippen molar-refractivity contribution in [3.05, 3.63) is 0 Å². The molecule has 0 aliphatic heterocycles. The van der Waals surface area contributed by atoms with E-state index < -0.39 is 8.07 Å². The molecule has 0 amide bonds. The predicted octanol–water partition coefficient (Wildman–Crippen LogP) is 5.79. The van der Waals surface area contributed by atoms with Crippen LogP contribution in [0.15, 0.2) is 0 Å². The van der Waals surface area contributed by atoms with E-state index in [0.29, 0.717) is 0 Å². The average molecular weight is 301 g/mol. The molecule has 0 aromatic heterocycles. The minimum atomic E-state index is -1.50.